The van der Waals surface area contributed by atoms with Gasteiger partial charge in [0.05, 0.1) is 0 Å². The summed E-state index contributed by atoms with van der Waals surface area (Å²) in [7, 11) is 0. The number of hydrogen-bond donors (Lipinski definition) is 0. The molecule has 110 valence electrons. The van der Waals surface area contributed by atoms with E-state index in [0.717, 1.165) is 25.0 Å². The molecule has 1 aromatic rings. The lowest BCUT2D eigenvalue weighted by Crippen LogP contribution is -1.95. The van der Waals surface area contributed by atoms with Gasteiger partial charge >= 0.3 is 0 Å². The third-order valence-corrected chi connectivity index (χ3v) is 3.76. The van der Waals surface area contributed by atoms with E-state index in [2.05, 4.69) is 65.0 Å². The molecule has 0 aliphatic heterocycles. The lowest BCUT2D eigenvalue weighted by molar-refractivity contribution is 0.361. The predicted molar refractivity (Wildman–Crippen MR) is 88.4 cm³/mol. The van der Waals surface area contributed by atoms with E-state index < -0.39 is 0 Å². The minimum Gasteiger partial charge on any atom is -0.490 e. The first-order chi connectivity index (χ1) is 9.52. The lowest BCUT2D eigenvalue weighted by atomic mass is 10.0. The van der Waals surface area contributed by atoms with Crippen molar-refractivity contribution < 1.29 is 4.74 Å². The fraction of sp³-hybridized carbons (Fsp3) is 0.474. The second-order valence-corrected chi connectivity index (χ2v) is 5.64. The summed E-state index contributed by atoms with van der Waals surface area (Å²) >= 11 is 0. The maximum Gasteiger partial charge on any atom is 0.119 e. The van der Waals surface area contributed by atoms with Crippen molar-refractivity contribution in [3.05, 3.63) is 52.6 Å². The first kappa shape index (κ1) is 16.6. The molecule has 0 fully saturated rings. The molecule has 0 saturated heterocycles. The number of rotatable bonds is 7. The van der Waals surface area contributed by atoms with Gasteiger partial charge in [0.1, 0.15) is 12.4 Å². The predicted octanol–water partition coefficient (Wildman–Crippen LogP) is 5.71. The van der Waals surface area contributed by atoms with Crippen LogP contribution in [0, 0.1) is 0 Å². The molecule has 1 heteroatoms. The molecular weight excluding hydrogens is 244 g/mol. The Bertz CT molecular complexity index is 459. The van der Waals surface area contributed by atoms with Crippen LogP contribution in [0.4, 0.5) is 0 Å². The van der Waals surface area contributed by atoms with Gasteiger partial charge in [-0.25, -0.2) is 0 Å². The van der Waals surface area contributed by atoms with Crippen LogP contribution in [0.1, 0.15) is 53.0 Å². The molecule has 0 saturated carbocycles. The minimum atomic E-state index is 0.658. The van der Waals surface area contributed by atoms with Crippen LogP contribution in [0.25, 0.3) is 0 Å². The quantitative estimate of drug-likeness (QED) is 0.578. The second kappa shape index (κ2) is 8.63. The summed E-state index contributed by atoms with van der Waals surface area (Å²) in [5, 5.41) is 0. The average Bonchev–Trinajstić information content (AvgIpc) is 2.45. The van der Waals surface area contributed by atoms with E-state index >= 15 is 0 Å². The number of ether oxygens (including phenoxy) is 1. The Morgan fingerprint density at radius 3 is 2.20 bits per heavy atom. The van der Waals surface area contributed by atoms with Crippen LogP contribution in [0.3, 0.4) is 0 Å². The molecule has 20 heavy (non-hydrogen) atoms. The van der Waals surface area contributed by atoms with Crippen molar-refractivity contribution in [2.75, 3.05) is 6.61 Å². The molecule has 0 aliphatic rings. The van der Waals surface area contributed by atoms with Gasteiger partial charge in [0.25, 0.3) is 0 Å². The van der Waals surface area contributed by atoms with E-state index in [9.17, 15) is 0 Å². The Kier molecular flexibility index (Phi) is 7.14. The summed E-state index contributed by atoms with van der Waals surface area (Å²) in [4.78, 5) is 0. The average molecular weight is 272 g/mol. The number of allylic oxidation sites excluding steroid dienone is 3. The summed E-state index contributed by atoms with van der Waals surface area (Å²) in [6, 6.07) is 8.36. The van der Waals surface area contributed by atoms with E-state index in [1.807, 2.05) is 0 Å². The van der Waals surface area contributed by atoms with E-state index in [0.29, 0.717) is 6.61 Å². The normalized spacial score (nSPS) is 11.3. The van der Waals surface area contributed by atoms with Gasteiger partial charge in [-0.1, -0.05) is 35.8 Å². The van der Waals surface area contributed by atoms with Gasteiger partial charge in [0, 0.05) is 0 Å². The molecule has 0 atom stereocenters. The molecule has 0 radical (unpaired) electrons. The van der Waals surface area contributed by atoms with Crippen molar-refractivity contribution >= 4 is 0 Å². The van der Waals surface area contributed by atoms with E-state index in [4.69, 9.17) is 4.74 Å². The molecule has 0 amide bonds. The smallest absolute Gasteiger partial charge is 0.119 e. The molecule has 0 aromatic heterocycles. The van der Waals surface area contributed by atoms with Crippen LogP contribution in [-0.2, 0) is 6.42 Å². The molecule has 0 bridgehead atoms. The molecule has 1 nitrogen and oxygen atoms in total. The van der Waals surface area contributed by atoms with Crippen molar-refractivity contribution in [2.24, 2.45) is 0 Å². The first-order valence-corrected chi connectivity index (χ1v) is 7.53. The molecular formula is C19H28O. The van der Waals surface area contributed by atoms with E-state index in [-0.39, 0.29) is 0 Å². The maximum absolute atomic E-state index is 5.74. The van der Waals surface area contributed by atoms with Gasteiger partial charge < -0.3 is 4.74 Å². The van der Waals surface area contributed by atoms with Gasteiger partial charge in [-0.15, -0.1) is 0 Å². The second-order valence-electron chi connectivity index (χ2n) is 5.64. The topological polar surface area (TPSA) is 9.23 Å². The zero-order valence-corrected chi connectivity index (χ0v) is 13.6. The minimum absolute atomic E-state index is 0.658. The van der Waals surface area contributed by atoms with Crippen LogP contribution in [0.15, 0.2) is 47.1 Å². The lowest BCUT2D eigenvalue weighted by Gasteiger charge is -2.07. The van der Waals surface area contributed by atoms with Crippen LogP contribution in [0.5, 0.6) is 5.75 Å². The Labute approximate surface area is 124 Å². The number of benzene rings is 1. The van der Waals surface area contributed by atoms with Crippen LogP contribution in [0.2, 0.25) is 0 Å². The van der Waals surface area contributed by atoms with Gasteiger partial charge in [-0.2, -0.15) is 0 Å². The standard InChI is InChI=1S/C19H28O/c1-6-18-9-11-19(12-10-18)20-14-13-16(4)7-8-17(5)15(2)3/h9-13H,6-8,14H2,1-5H3. The van der Waals surface area contributed by atoms with Gasteiger partial charge in [-0.3, -0.25) is 0 Å². The van der Waals surface area contributed by atoms with Crippen molar-refractivity contribution in [3.8, 4) is 5.75 Å². The zero-order valence-electron chi connectivity index (χ0n) is 13.6. The fourth-order valence-corrected chi connectivity index (χ4v) is 1.84. The third-order valence-electron chi connectivity index (χ3n) is 3.76. The van der Waals surface area contributed by atoms with E-state index in [1.54, 1.807) is 0 Å². The Balaban J connectivity index is 2.37. The first-order valence-electron chi connectivity index (χ1n) is 7.53. The van der Waals surface area contributed by atoms with Gasteiger partial charge in [-0.05, 0) is 70.7 Å². The van der Waals surface area contributed by atoms with Crippen LogP contribution in [-0.4, -0.2) is 6.61 Å². The number of hydrogen-bond acceptors (Lipinski definition) is 1. The largest absolute Gasteiger partial charge is 0.490 e. The highest BCUT2D eigenvalue weighted by atomic mass is 16.5. The molecule has 1 aromatic carbocycles. The van der Waals surface area contributed by atoms with Gasteiger partial charge in [0.15, 0.2) is 0 Å². The van der Waals surface area contributed by atoms with Crippen LogP contribution < -0.4 is 4.74 Å². The highest BCUT2D eigenvalue weighted by Crippen LogP contribution is 2.15. The van der Waals surface area contributed by atoms with Crippen molar-refractivity contribution in [1.82, 2.24) is 0 Å². The number of aryl methyl sites for hydroxylation is 1. The molecule has 0 aliphatic carbocycles. The van der Waals surface area contributed by atoms with Crippen molar-refractivity contribution in [1.29, 1.82) is 0 Å². The fourth-order valence-electron chi connectivity index (χ4n) is 1.84. The molecule has 0 heterocycles. The molecule has 0 spiro atoms. The Hall–Kier alpha value is -1.50. The highest BCUT2D eigenvalue weighted by Gasteiger charge is 1.96. The van der Waals surface area contributed by atoms with Crippen molar-refractivity contribution in [2.45, 2.75) is 53.9 Å². The summed E-state index contributed by atoms with van der Waals surface area (Å²) in [5.41, 5.74) is 5.68. The SMILES string of the molecule is CCc1ccc(OCC=C(C)CCC(C)=C(C)C)cc1. The Morgan fingerprint density at radius 1 is 1.00 bits per heavy atom. The highest BCUT2D eigenvalue weighted by molar-refractivity contribution is 5.27. The third kappa shape index (κ3) is 6.10. The zero-order chi connectivity index (χ0) is 15.0. The van der Waals surface area contributed by atoms with Crippen LogP contribution >= 0.6 is 0 Å². The monoisotopic (exact) mass is 272 g/mol. The summed E-state index contributed by atoms with van der Waals surface area (Å²) in [6.07, 6.45) is 5.53. The molecule has 0 N–H and O–H groups in total. The summed E-state index contributed by atoms with van der Waals surface area (Å²) < 4.78 is 5.74. The van der Waals surface area contributed by atoms with Gasteiger partial charge in [0.2, 0.25) is 0 Å². The Morgan fingerprint density at radius 2 is 1.65 bits per heavy atom. The van der Waals surface area contributed by atoms with E-state index in [1.165, 1.54) is 22.3 Å². The molecule has 0 unspecified atom stereocenters. The molecule has 1 rings (SSSR count). The summed E-state index contributed by atoms with van der Waals surface area (Å²) in [6.45, 7) is 11.6. The maximum atomic E-state index is 5.74. The van der Waals surface area contributed by atoms with Crippen molar-refractivity contribution in [3.63, 3.8) is 0 Å². The summed E-state index contributed by atoms with van der Waals surface area (Å²) in [5.74, 6) is 0.951.